The second-order valence-corrected chi connectivity index (χ2v) is 10.5. The summed E-state index contributed by atoms with van der Waals surface area (Å²) in [4.78, 5) is 29.8. The first kappa shape index (κ1) is 21.1. The first-order valence-corrected chi connectivity index (χ1v) is 11.8. The molecule has 2 bridgehead atoms. The summed E-state index contributed by atoms with van der Waals surface area (Å²) in [5.74, 6) is 0.260. The number of halogens is 2. The fourth-order valence-electron chi connectivity index (χ4n) is 5.91. The van der Waals surface area contributed by atoms with Crippen LogP contribution in [0, 0.1) is 0 Å². The van der Waals surface area contributed by atoms with Crippen LogP contribution in [0.1, 0.15) is 37.4 Å². The lowest BCUT2D eigenvalue weighted by Gasteiger charge is -2.72. The van der Waals surface area contributed by atoms with Crippen LogP contribution < -0.4 is 15.0 Å². The van der Waals surface area contributed by atoms with Crippen molar-refractivity contribution in [3.8, 4) is 5.75 Å². The molecule has 0 spiro atoms. The summed E-state index contributed by atoms with van der Waals surface area (Å²) in [5.41, 5.74) is 0.978. The molecule has 9 heteroatoms. The van der Waals surface area contributed by atoms with E-state index >= 15 is 0 Å². The molecule has 2 atom stereocenters. The van der Waals surface area contributed by atoms with Gasteiger partial charge in [0.15, 0.2) is 6.10 Å². The molecule has 7 rings (SSSR count). The third-order valence-corrected chi connectivity index (χ3v) is 7.93. The molecule has 0 aromatic heterocycles. The Labute approximate surface area is 201 Å². The molecule has 0 unspecified atom stereocenters. The number of rotatable bonds is 4. The number of anilines is 1. The number of ether oxygens (including phenoxy) is 1. The third-order valence-electron chi connectivity index (χ3n) is 7.44. The van der Waals surface area contributed by atoms with Gasteiger partial charge in [0.1, 0.15) is 5.75 Å². The normalized spacial score (nSPS) is 31.9. The van der Waals surface area contributed by atoms with Crippen LogP contribution in [0.3, 0.4) is 0 Å². The lowest BCUT2D eigenvalue weighted by molar-refractivity contribution is -0.169. The van der Waals surface area contributed by atoms with Gasteiger partial charge in [0.25, 0.3) is 5.91 Å². The van der Waals surface area contributed by atoms with Crippen molar-refractivity contribution in [3.05, 3.63) is 58.1 Å². The monoisotopic (exact) mass is 487 g/mol. The summed E-state index contributed by atoms with van der Waals surface area (Å²) in [6, 6.07) is 12.3. The fraction of sp³-hybridized carbons (Fsp3) is 0.417. The summed E-state index contributed by atoms with van der Waals surface area (Å²) >= 11 is 12.0. The maximum Gasteiger partial charge on any atom is 0.325 e. The van der Waals surface area contributed by atoms with Gasteiger partial charge in [-0.15, -0.1) is 0 Å². The molecule has 2 aliphatic heterocycles. The Morgan fingerprint density at radius 2 is 1.76 bits per heavy atom. The maximum absolute atomic E-state index is 13.1. The molecule has 1 saturated heterocycles. The van der Waals surface area contributed by atoms with Crippen LogP contribution in [0.2, 0.25) is 10.0 Å². The fourth-order valence-corrected chi connectivity index (χ4v) is 6.22. The first-order valence-electron chi connectivity index (χ1n) is 11.1. The lowest BCUT2D eigenvalue weighted by Crippen LogP contribution is -2.84. The van der Waals surface area contributed by atoms with Crippen LogP contribution >= 0.6 is 23.2 Å². The molecule has 172 valence electrons. The van der Waals surface area contributed by atoms with E-state index in [1.54, 1.807) is 35.2 Å². The van der Waals surface area contributed by atoms with Gasteiger partial charge in [-0.25, -0.2) is 4.79 Å². The van der Waals surface area contributed by atoms with Crippen molar-refractivity contribution in [2.45, 2.75) is 49.0 Å². The zero-order chi connectivity index (χ0) is 23.0. The van der Waals surface area contributed by atoms with Crippen molar-refractivity contribution in [3.63, 3.8) is 0 Å². The summed E-state index contributed by atoms with van der Waals surface area (Å²) in [7, 11) is 0. The average molecular weight is 488 g/mol. The second kappa shape index (κ2) is 7.26. The van der Waals surface area contributed by atoms with Crippen LogP contribution in [0.15, 0.2) is 42.5 Å². The van der Waals surface area contributed by atoms with Gasteiger partial charge >= 0.3 is 6.03 Å². The number of benzene rings is 2. The highest BCUT2D eigenvalue weighted by atomic mass is 35.5. The van der Waals surface area contributed by atoms with E-state index in [0.29, 0.717) is 34.4 Å². The zero-order valence-corrected chi connectivity index (χ0v) is 19.3. The zero-order valence-electron chi connectivity index (χ0n) is 17.8. The van der Waals surface area contributed by atoms with Gasteiger partial charge in [-0.05, 0) is 61.7 Å². The Kier molecular flexibility index (Phi) is 4.64. The summed E-state index contributed by atoms with van der Waals surface area (Å²) in [6.45, 7) is 1.31. The Bertz CT molecular complexity index is 1140. The van der Waals surface area contributed by atoms with Gasteiger partial charge in [-0.1, -0.05) is 23.2 Å². The van der Waals surface area contributed by atoms with Crippen LogP contribution in [-0.4, -0.2) is 52.2 Å². The van der Waals surface area contributed by atoms with Crippen molar-refractivity contribution in [1.82, 2.24) is 10.2 Å². The molecule has 4 fully saturated rings. The quantitative estimate of drug-likeness (QED) is 0.684. The Morgan fingerprint density at radius 3 is 2.48 bits per heavy atom. The molecule has 5 aliphatic rings. The largest absolute Gasteiger partial charge is 0.480 e. The molecule has 33 heavy (non-hydrogen) atoms. The first-order chi connectivity index (χ1) is 15.8. The minimum absolute atomic E-state index is 0.00551. The van der Waals surface area contributed by atoms with Crippen LogP contribution in [0.25, 0.3) is 0 Å². The van der Waals surface area contributed by atoms with Crippen LogP contribution in [-0.2, 0) is 4.79 Å². The van der Waals surface area contributed by atoms with Gasteiger partial charge < -0.3 is 20.1 Å². The summed E-state index contributed by atoms with van der Waals surface area (Å²) in [5, 5.41) is 14.8. The minimum Gasteiger partial charge on any atom is -0.480 e. The average Bonchev–Trinajstić information content (AvgIpc) is 3.11. The number of carbonyl (C=O) groups excluding carboxylic acids is 2. The van der Waals surface area contributed by atoms with Crippen LogP contribution in [0.4, 0.5) is 10.5 Å². The van der Waals surface area contributed by atoms with Gasteiger partial charge in [0.2, 0.25) is 0 Å². The highest BCUT2D eigenvalue weighted by Gasteiger charge is 2.72. The molecule has 3 saturated carbocycles. The van der Waals surface area contributed by atoms with Crippen molar-refractivity contribution >= 4 is 40.8 Å². The third kappa shape index (κ3) is 3.28. The number of nitrogens with zero attached hydrogens (tertiary/aromatic N) is 2. The van der Waals surface area contributed by atoms with E-state index in [4.69, 9.17) is 27.9 Å². The Balaban J connectivity index is 1.08. The number of nitrogens with one attached hydrogen (secondary N) is 1. The predicted molar refractivity (Wildman–Crippen MR) is 124 cm³/mol. The smallest absolute Gasteiger partial charge is 0.325 e. The number of carbonyl (C=O) groups is 2. The summed E-state index contributed by atoms with van der Waals surface area (Å²) in [6.07, 6.45) is 0.853. The molecular formula is C24H23Cl2N3O4. The van der Waals surface area contributed by atoms with Crippen molar-refractivity contribution < 1.29 is 19.4 Å². The number of fused-ring (bicyclic) bond motifs is 1. The molecule has 2 aromatic carbocycles. The summed E-state index contributed by atoms with van der Waals surface area (Å²) < 4.78 is 5.85. The maximum atomic E-state index is 13.1. The van der Waals surface area contributed by atoms with Crippen molar-refractivity contribution in [2.24, 2.45) is 0 Å². The van der Waals surface area contributed by atoms with Crippen molar-refractivity contribution in [1.29, 1.82) is 0 Å². The molecule has 3 aliphatic carbocycles. The number of aliphatic hydroxyl groups is 1. The predicted octanol–water partition coefficient (Wildman–Crippen LogP) is 3.91. The number of hydrogen-bond donors (Lipinski definition) is 2. The molecule has 2 aromatic rings. The van der Waals surface area contributed by atoms with E-state index in [9.17, 15) is 14.7 Å². The Morgan fingerprint density at radius 1 is 1.06 bits per heavy atom. The van der Waals surface area contributed by atoms with E-state index < -0.39 is 12.2 Å². The van der Waals surface area contributed by atoms with E-state index in [0.717, 1.165) is 24.9 Å². The SMILES string of the molecule is O=C(NC12CC(N3CCN(c4ccc(Cl)cc4)C3=O)(C1)C2)[C@H]1C[C@@H](O)c2cc(Cl)ccc2O1. The van der Waals surface area contributed by atoms with E-state index in [1.165, 1.54) is 0 Å². The van der Waals surface area contributed by atoms with Crippen LogP contribution in [0.5, 0.6) is 5.75 Å². The standard InChI is InChI=1S/C24H23Cl2N3O4/c25-14-1-4-16(5-2-14)28-7-8-29(22(28)32)24-11-23(12-24,13-24)27-21(31)20-10-18(30)17-9-15(26)3-6-19(17)33-20/h1-6,9,18,20,30H,7-8,10-13H2,(H,27,31)/t18-,20-,23?,24?/m1/s1. The van der Waals surface area contributed by atoms with E-state index in [-0.39, 0.29) is 29.4 Å². The topological polar surface area (TPSA) is 82.1 Å². The second-order valence-electron chi connectivity index (χ2n) is 9.63. The number of urea groups is 1. The van der Waals surface area contributed by atoms with Crippen molar-refractivity contribution in [2.75, 3.05) is 18.0 Å². The lowest BCUT2D eigenvalue weighted by atomic mass is 9.43. The van der Waals surface area contributed by atoms with E-state index in [2.05, 4.69) is 5.32 Å². The molecule has 2 N–H and O–H groups in total. The Hall–Kier alpha value is -2.48. The minimum atomic E-state index is -0.802. The highest BCUT2D eigenvalue weighted by molar-refractivity contribution is 6.31. The number of hydrogen-bond acceptors (Lipinski definition) is 4. The van der Waals surface area contributed by atoms with Gasteiger partial charge in [0.05, 0.1) is 11.6 Å². The highest BCUT2D eigenvalue weighted by Crippen LogP contribution is 2.64. The molecule has 2 heterocycles. The molecule has 3 amide bonds. The molecule has 0 radical (unpaired) electrons. The van der Waals surface area contributed by atoms with Gasteiger partial charge in [0, 0.05) is 46.3 Å². The van der Waals surface area contributed by atoms with Gasteiger partial charge in [-0.2, -0.15) is 0 Å². The molecular weight excluding hydrogens is 465 g/mol. The van der Waals surface area contributed by atoms with Gasteiger partial charge in [-0.3, -0.25) is 9.69 Å². The number of amides is 3. The molecule has 7 nitrogen and oxygen atoms in total. The number of aliphatic hydroxyl groups excluding tert-OH is 1. The van der Waals surface area contributed by atoms with E-state index in [1.807, 2.05) is 17.0 Å².